The number of allylic oxidation sites excluding steroid dienone is 2. The molecule has 5 heteroatoms. The molecule has 0 spiro atoms. The fourth-order valence-corrected chi connectivity index (χ4v) is 2.62. The third-order valence-corrected chi connectivity index (χ3v) is 3.82. The number of amides is 1. The molecule has 1 atom stereocenters. The third kappa shape index (κ3) is 3.47. The summed E-state index contributed by atoms with van der Waals surface area (Å²) in [6.45, 7) is 1.78. The van der Waals surface area contributed by atoms with Crippen LogP contribution in [0.2, 0.25) is 0 Å². The molecule has 1 aromatic rings. The molecule has 1 heterocycles. The monoisotopic (exact) mass is 302 g/mol. The minimum atomic E-state index is -0.401. The van der Waals surface area contributed by atoms with E-state index < -0.39 is 5.82 Å². The number of benzene rings is 1. The van der Waals surface area contributed by atoms with E-state index in [1.54, 1.807) is 13.0 Å². The fourth-order valence-electron chi connectivity index (χ4n) is 2.62. The van der Waals surface area contributed by atoms with Crippen molar-refractivity contribution in [2.45, 2.75) is 32.2 Å². The first-order chi connectivity index (χ1) is 10.6. The van der Waals surface area contributed by atoms with Gasteiger partial charge in [-0.2, -0.15) is 0 Å². The van der Waals surface area contributed by atoms with Gasteiger partial charge in [0.1, 0.15) is 5.82 Å². The quantitative estimate of drug-likeness (QED) is 0.869. The van der Waals surface area contributed by atoms with Gasteiger partial charge >= 0.3 is 0 Å². The highest BCUT2D eigenvalue weighted by molar-refractivity contribution is 6.13. The van der Waals surface area contributed by atoms with Crippen molar-refractivity contribution in [1.82, 2.24) is 5.32 Å². The number of carbonyl (C=O) groups is 2. The van der Waals surface area contributed by atoms with Gasteiger partial charge in [0.2, 0.25) is 0 Å². The molecule has 0 radical (unpaired) electrons. The molecule has 0 fully saturated rings. The lowest BCUT2D eigenvalue weighted by Gasteiger charge is -2.15. The number of rotatable bonds is 4. The van der Waals surface area contributed by atoms with E-state index in [-0.39, 0.29) is 11.9 Å². The van der Waals surface area contributed by atoms with Gasteiger partial charge in [-0.15, -0.1) is 0 Å². The Morgan fingerprint density at radius 1 is 1.50 bits per heavy atom. The molecule has 4 nitrogen and oxygen atoms in total. The van der Waals surface area contributed by atoms with Crippen LogP contribution in [0.4, 0.5) is 4.39 Å². The van der Waals surface area contributed by atoms with Gasteiger partial charge in [-0.25, -0.2) is 4.39 Å². The molecule has 116 valence electrons. The van der Waals surface area contributed by atoms with Crippen LogP contribution in [-0.2, 0) is 11.2 Å². The second-order valence-corrected chi connectivity index (χ2v) is 5.27. The average molecular weight is 302 g/mol. The van der Waals surface area contributed by atoms with Crippen molar-refractivity contribution in [1.29, 1.82) is 0 Å². The van der Waals surface area contributed by atoms with Gasteiger partial charge in [-0.1, -0.05) is 12.1 Å². The topological polar surface area (TPSA) is 58.5 Å². The second-order valence-electron chi connectivity index (χ2n) is 5.27. The molecule has 0 aromatic heterocycles. The summed E-state index contributed by atoms with van der Waals surface area (Å²) in [5.41, 5.74) is 1.96. The van der Waals surface area contributed by atoms with Gasteiger partial charge in [0.15, 0.2) is 6.29 Å². The summed E-state index contributed by atoms with van der Waals surface area (Å²) in [5, 5.41) is 2.53. The number of halogens is 1. The predicted molar refractivity (Wildman–Crippen MR) is 83.8 cm³/mol. The lowest BCUT2D eigenvalue weighted by atomic mass is 9.97. The molecule has 1 unspecified atom stereocenters. The standard InChI is InChI=1S/C17H19FN2O2/c1-11-12(10-21)5-3-6-13(20-11)9-15-14(17(22)19-2)7-4-8-16(15)18/h4-5,7-8,10,13H,3,6,9H2,1-2H3,(H,19,22). The number of nitrogens with zero attached hydrogens (tertiary/aromatic N) is 1. The summed E-state index contributed by atoms with van der Waals surface area (Å²) in [4.78, 5) is 27.4. The Balaban J connectivity index is 2.30. The van der Waals surface area contributed by atoms with Crippen molar-refractivity contribution in [2.75, 3.05) is 7.05 Å². The number of aliphatic imine (C=N–C) groups is 1. The Kier molecular flexibility index (Phi) is 5.20. The summed E-state index contributed by atoms with van der Waals surface area (Å²) in [6, 6.07) is 4.34. The molecule has 22 heavy (non-hydrogen) atoms. The zero-order chi connectivity index (χ0) is 16.1. The molecule has 1 aliphatic rings. The molecule has 2 rings (SSSR count). The minimum Gasteiger partial charge on any atom is -0.355 e. The van der Waals surface area contributed by atoms with Crippen molar-refractivity contribution in [3.8, 4) is 0 Å². The van der Waals surface area contributed by atoms with Gasteiger partial charge in [0, 0.05) is 29.5 Å². The molecule has 1 amide bonds. The van der Waals surface area contributed by atoms with Gasteiger partial charge in [0.25, 0.3) is 5.91 Å². The van der Waals surface area contributed by atoms with E-state index >= 15 is 0 Å². The predicted octanol–water partition coefficient (Wildman–Crippen LogP) is 2.48. The molecule has 0 saturated carbocycles. The van der Waals surface area contributed by atoms with Crippen LogP contribution in [0.3, 0.4) is 0 Å². The highest BCUT2D eigenvalue weighted by atomic mass is 19.1. The van der Waals surface area contributed by atoms with Crippen LogP contribution in [0.15, 0.2) is 34.8 Å². The molecule has 0 saturated heterocycles. The Bertz CT molecular complexity index is 650. The first-order valence-corrected chi connectivity index (χ1v) is 7.26. The van der Waals surface area contributed by atoms with Crippen LogP contribution in [0.25, 0.3) is 0 Å². The van der Waals surface area contributed by atoms with E-state index in [2.05, 4.69) is 10.3 Å². The minimum absolute atomic E-state index is 0.144. The average Bonchev–Trinajstić information content (AvgIpc) is 2.69. The SMILES string of the molecule is CNC(=O)c1cccc(F)c1CC1CCC=C(C=O)C(C)=N1. The molecule has 1 aliphatic heterocycles. The maximum Gasteiger partial charge on any atom is 0.251 e. The normalized spacial score (nSPS) is 18.0. The summed E-state index contributed by atoms with van der Waals surface area (Å²) >= 11 is 0. The summed E-state index contributed by atoms with van der Waals surface area (Å²) in [5.74, 6) is -0.711. The molecule has 1 N–H and O–H groups in total. The Morgan fingerprint density at radius 3 is 2.95 bits per heavy atom. The van der Waals surface area contributed by atoms with Crippen molar-refractivity contribution in [2.24, 2.45) is 4.99 Å². The maximum absolute atomic E-state index is 14.1. The van der Waals surface area contributed by atoms with Crippen molar-refractivity contribution >= 4 is 17.9 Å². The van der Waals surface area contributed by atoms with E-state index in [1.165, 1.54) is 19.2 Å². The maximum atomic E-state index is 14.1. The molecule has 1 aromatic carbocycles. The van der Waals surface area contributed by atoms with E-state index in [9.17, 15) is 14.0 Å². The number of hydrogen-bond acceptors (Lipinski definition) is 3. The van der Waals surface area contributed by atoms with E-state index in [0.717, 1.165) is 12.7 Å². The van der Waals surface area contributed by atoms with Crippen LogP contribution in [0.5, 0.6) is 0 Å². The second kappa shape index (κ2) is 7.11. The van der Waals surface area contributed by atoms with Crippen LogP contribution in [0, 0.1) is 5.82 Å². The van der Waals surface area contributed by atoms with E-state index in [1.807, 2.05) is 6.08 Å². The molecule has 0 aliphatic carbocycles. The van der Waals surface area contributed by atoms with Gasteiger partial charge in [-0.3, -0.25) is 14.6 Å². The fraction of sp³-hybridized carbons (Fsp3) is 0.353. The Hall–Kier alpha value is -2.30. The van der Waals surface area contributed by atoms with Crippen LogP contribution < -0.4 is 5.32 Å². The van der Waals surface area contributed by atoms with Crippen LogP contribution >= 0.6 is 0 Å². The van der Waals surface area contributed by atoms with Crippen LogP contribution in [0.1, 0.15) is 35.7 Å². The highest BCUT2D eigenvalue weighted by Crippen LogP contribution is 2.21. The lowest BCUT2D eigenvalue weighted by molar-refractivity contribution is -0.104. The Labute approximate surface area is 129 Å². The molecular weight excluding hydrogens is 283 g/mol. The summed E-state index contributed by atoms with van der Waals surface area (Å²) in [6.07, 6.45) is 4.42. The van der Waals surface area contributed by atoms with Gasteiger partial charge in [0.05, 0.1) is 6.04 Å². The largest absolute Gasteiger partial charge is 0.355 e. The summed E-state index contributed by atoms with van der Waals surface area (Å²) < 4.78 is 14.1. The van der Waals surface area contributed by atoms with Gasteiger partial charge in [-0.05, 0) is 38.3 Å². The van der Waals surface area contributed by atoms with Gasteiger partial charge < -0.3 is 5.32 Å². The van der Waals surface area contributed by atoms with E-state index in [0.29, 0.717) is 35.3 Å². The first kappa shape index (κ1) is 16.1. The van der Waals surface area contributed by atoms with Crippen molar-refractivity contribution in [3.63, 3.8) is 0 Å². The Morgan fingerprint density at radius 2 is 2.27 bits per heavy atom. The number of nitrogens with one attached hydrogen (secondary N) is 1. The zero-order valence-electron chi connectivity index (χ0n) is 12.7. The number of carbonyl (C=O) groups excluding carboxylic acids is 2. The first-order valence-electron chi connectivity index (χ1n) is 7.26. The van der Waals surface area contributed by atoms with Crippen molar-refractivity contribution < 1.29 is 14.0 Å². The van der Waals surface area contributed by atoms with Crippen molar-refractivity contribution in [3.05, 3.63) is 46.8 Å². The highest BCUT2D eigenvalue weighted by Gasteiger charge is 2.20. The lowest BCUT2D eigenvalue weighted by Crippen LogP contribution is -2.22. The third-order valence-electron chi connectivity index (χ3n) is 3.82. The van der Waals surface area contributed by atoms with E-state index in [4.69, 9.17) is 0 Å². The molecule has 0 bridgehead atoms. The smallest absolute Gasteiger partial charge is 0.251 e. The molecular formula is C17H19FN2O2. The zero-order valence-corrected chi connectivity index (χ0v) is 12.7. The number of aldehydes is 1. The summed E-state index contributed by atoms with van der Waals surface area (Å²) in [7, 11) is 1.52. The number of hydrogen-bond donors (Lipinski definition) is 1. The van der Waals surface area contributed by atoms with Crippen LogP contribution in [-0.4, -0.2) is 31.0 Å².